The number of carbonyl (C=O) groups is 1. The summed E-state index contributed by atoms with van der Waals surface area (Å²) in [6, 6.07) is 0. The van der Waals surface area contributed by atoms with Crippen LogP contribution in [0.1, 0.15) is 19.8 Å². The van der Waals surface area contributed by atoms with Crippen LogP contribution in [-0.4, -0.2) is 24.3 Å². The zero-order valence-corrected chi connectivity index (χ0v) is 5.76. The van der Waals surface area contributed by atoms with Crippen molar-refractivity contribution in [1.29, 1.82) is 0 Å². The predicted molar refractivity (Wildman–Crippen MR) is 33.3 cm³/mol. The molecule has 9 heavy (non-hydrogen) atoms. The Morgan fingerprint density at radius 2 is 2.33 bits per heavy atom. The quantitative estimate of drug-likeness (QED) is 0.617. The molecule has 0 bridgehead atoms. The van der Waals surface area contributed by atoms with Gasteiger partial charge in [-0.2, -0.15) is 0 Å². The van der Waals surface area contributed by atoms with Gasteiger partial charge in [0.25, 0.3) is 0 Å². The normalized spacial score (nSPS) is 13.1. The molecule has 0 aliphatic carbocycles. The van der Waals surface area contributed by atoms with Crippen molar-refractivity contribution in [2.75, 3.05) is 7.11 Å². The maximum Gasteiger partial charge on any atom is 0.303 e. The molecule has 1 unspecified atom stereocenters. The third-order valence-electron chi connectivity index (χ3n) is 1.17. The Balaban J connectivity index is 3.16. The number of hydrogen-bond acceptors (Lipinski definition) is 2. The lowest BCUT2D eigenvalue weighted by atomic mass is 10.2. The molecule has 0 radical (unpaired) electrons. The van der Waals surface area contributed by atoms with E-state index in [-0.39, 0.29) is 12.5 Å². The van der Waals surface area contributed by atoms with E-state index in [2.05, 4.69) is 0 Å². The molecular formula is C6H12O3. The van der Waals surface area contributed by atoms with Gasteiger partial charge >= 0.3 is 5.97 Å². The van der Waals surface area contributed by atoms with Gasteiger partial charge in [-0.05, 0) is 13.3 Å². The summed E-state index contributed by atoms with van der Waals surface area (Å²) in [5.74, 6) is -0.765. The van der Waals surface area contributed by atoms with Gasteiger partial charge < -0.3 is 9.84 Å². The zero-order valence-electron chi connectivity index (χ0n) is 5.76. The SMILES string of the molecule is COC(C)CCC(=O)O. The standard InChI is InChI=1S/C6H12O3/c1-5(9-2)3-4-6(7)8/h5H,3-4H2,1-2H3,(H,7,8). The van der Waals surface area contributed by atoms with Crippen molar-refractivity contribution >= 4 is 5.97 Å². The summed E-state index contributed by atoms with van der Waals surface area (Å²) in [6.45, 7) is 1.85. The number of ether oxygens (including phenoxy) is 1. The first kappa shape index (κ1) is 8.43. The fourth-order valence-electron chi connectivity index (χ4n) is 0.445. The van der Waals surface area contributed by atoms with Crippen LogP contribution in [0.25, 0.3) is 0 Å². The highest BCUT2D eigenvalue weighted by molar-refractivity contribution is 5.66. The second kappa shape index (κ2) is 4.32. The van der Waals surface area contributed by atoms with Crippen molar-refractivity contribution in [2.45, 2.75) is 25.9 Å². The van der Waals surface area contributed by atoms with Gasteiger partial charge in [-0.15, -0.1) is 0 Å². The molecule has 0 aliphatic rings. The van der Waals surface area contributed by atoms with Crippen LogP contribution < -0.4 is 0 Å². The Hall–Kier alpha value is -0.570. The Labute approximate surface area is 54.6 Å². The van der Waals surface area contributed by atoms with Crippen LogP contribution in [0, 0.1) is 0 Å². The number of carboxylic acid groups (broad SMARTS) is 1. The van der Waals surface area contributed by atoms with Crippen molar-refractivity contribution in [2.24, 2.45) is 0 Å². The first-order valence-electron chi connectivity index (χ1n) is 2.91. The fraction of sp³-hybridized carbons (Fsp3) is 0.833. The minimum atomic E-state index is -0.765. The van der Waals surface area contributed by atoms with Gasteiger partial charge in [0, 0.05) is 13.5 Å². The van der Waals surface area contributed by atoms with Crippen LogP contribution in [0.3, 0.4) is 0 Å². The summed E-state index contributed by atoms with van der Waals surface area (Å²) in [7, 11) is 1.58. The average molecular weight is 132 g/mol. The van der Waals surface area contributed by atoms with Crippen molar-refractivity contribution in [3.8, 4) is 0 Å². The highest BCUT2D eigenvalue weighted by Crippen LogP contribution is 1.98. The van der Waals surface area contributed by atoms with E-state index in [1.165, 1.54) is 0 Å². The molecule has 0 aliphatic heterocycles. The molecule has 1 atom stereocenters. The molecule has 54 valence electrons. The van der Waals surface area contributed by atoms with Gasteiger partial charge in [0.1, 0.15) is 0 Å². The zero-order chi connectivity index (χ0) is 7.28. The maximum atomic E-state index is 9.96. The smallest absolute Gasteiger partial charge is 0.303 e. The number of aliphatic carboxylic acids is 1. The lowest BCUT2D eigenvalue weighted by Crippen LogP contribution is -2.07. The second-order valence-electron chi connectivity index (χ2n) is 1.98. The number of rotatable bonds is 4. The van der Waals surface area contributed by atoms with Crippen molar-refractivity contribution in [3.05, 3.63) is 0 Å². The maximum absolute atomic E-state index is 9.96. The summed E-state index contributed by atoms with van der Waals surface area (Å²) in [5, 5.41) is 8.20. The largest absolute Gasteiger partial charge is 0.481 e. The van der Waals surface area contributed by atoms with Gasteiger partial charge in [0.2, 0.25) is 0 Å². The van der Waals surface area contributed by atoms with Gasteiger partial charge in [0.05, 0.1) is 6.10 Å². The summed E-state index contributed by atoms with van der Waals surface area (Å²) >= 11 is 0. The molecular weight excluding hydrogens is 120 g/mol. The summed E-state index contributed by atoms with van der Waals surface area (Å²) in [5.41, 5.74) is 0. The van der Waals surface area contributed by atoms with Gasteiger partial charge in [-0.3, -0.25) is 4.79 Å². The number of hydrogen-bond donors (Lipinski definition) is 1. The summed E-state index contributed by atoms with van der Waals surface area (Å²) < 4.78 is 4.84. The van der Waals surface area contributed by atoms with E-state index in [0.29, 0.717) is 6.42 Å². The van der Waals surface area contributed by atoms with Crippen LogP contribution in [0.4, 0.5) is 0 Å². The highest BCUT2D eigenvalue weighted by Gasteiger charge is 2.01. The number of carboxylic acids is 1. The lowest BCUT2D eigenvalue weighted by Gasteiger charge is -2.05. The van der Waals surface area contributed by atoms with E-state index in [4.69, 9.17) is 9.84 Å². The second-order valence-corrected chi connectivity index (χ2v) is 1.98. The molecule has 3 heteroatoms. The van der Waals surface area contributed by atoms with Crippen LogP contribution >= 0.6 is 0 Å². The Morgan fingerprint density at radius 1 is 1.78 bits per heavy atom. The first-order chi connectivity index (χ1) is 4.16. The molecule has 0 saturated heterocycles. The molecule has 1 N–H and O–H groups in total. The molecule has 3 nitrogen and oxygen atoms in total. The lowest BCUT2D eigenvalue weighted by molar-refractivity contribution is -0.137. The monoisotopic (exact) mass is 132 g/mol. The molecule has 0 rings (SSSR count). The van der Waals surface area contributed by atoms with Crippen LogP contribution in [0.15, 0.2) is 0 Å². The third-order valence-corrected chi connectivity index (χ3v) is 1.17. The average Bonchev–Trinajstić information content (AvgIpc) is 1.83. The van der Waals surface area contributed by atoms with E-state index in [1.807, 2.05) is 6.92 Å². The fourth-order valence-corrected chi connectivity index (χ4v) is 0.445. The molecule has 0 heterocycles. The van der Waals surface area contributed by atoms with Gasteiger partial charge in [-0.1, -0.05) is 0 Å². The van der Waals surface area contributed by atoms with Crippen LogP contribution in [0.5, 0.6) is 0 Å². The Bertz CT molecular complexity index is 90.3. The summed E-state index contributed by atoms with van der Waals surface area (Å²) in [6.07, 6.45) is 0.835. The molecule has 0 fully saturated rings. The van der Waals surface area contributed by atoms with Gasteiger partial charge in [-0.25, -0.2) is 0 Å². The van der Waals surface area contributed by atoms with E-state index in [0.717, 1.165) is 0 Å². The van der Waals surface area contributed by atoms with Crippen molar-refractivity contribution in [1.82, 2.24) is 0 Å². The minimum Gasteiger partial charge on any atom is -0.481 e. The van der Waals surface area contributed by atoms with Crippen LogP contribution in [0.2, 0.25) is 0 Å². The summed E-state index contributed by atoms with van der Waals surface area (Å²) in [4.78, 5) is 9.96. The number of methoxy groups -OCH3 is 1. The van der Waals surface area contributed by atoms with E-state index < -0.39 is 5.97 Å². The van der Waals surface area contributed by atoms with E-state index in [9.17, 15) is 4.79 Å². The van der Waals surface area contributed by atoms with Crippen molar-refractivity contribution in [3.63, 3.8) is 0 Å². The molecule has 0 spiro atoms. The Kier molecular flexibility index (Phi) is 4.05. The highest BCUT2D eigenvalue weighted by atomic mass is 16.5. The molecule has 0 saturated carbocycles. The predicted octanol–water partition coefficient (Wildman–Crippen LogP) is 0.886. The van der Waals surface area contributed by atoms with E-state index in [1.54, 1.807) is 7.11 Å². The van der Waals surface area contributed by atoms with Gasteiger partial charge in [0.15, 0.2) is 0 Å². The first-order valence-corrected chi connectivity index (χ1v) is 2.91. The topological polar surface area (TPSA) is 46.5 Å². The minimum absolute atomic E-state index is 0.0566. The molecule has 0 aromatic carbocycles. The third kappa shape index (κ3) is 5.30. The molecule has 0 amide bonds. The molecule has 0 aromatic heterocycles. The van der Waals surface area contributed by atoms with Crippen molar-refractivity contribution < 1.29 is 14.6 Å². The molecule has 0 aromatic rings. The van der Waals surface area contributed by atoms with Crippen LogP contribution in [-0.2, 0) is 9.53 Å². The van der Waals surface area contributed by atoms with E-state index >= 15 is 0 Å². The Morgan fingerprint density at radius 3 is 2.67 bits per heavy atom.